The molecule has 1 amide bonds. The second-order valence-electron chi connectivity index (χ2n) is 6.32. The predicted molar refractivity (Wildman–Crippen MR) is 93.8 cm³/mol. The minimum atomic E-state index is -0.0898. The van der Waals surface area contributed by atoms with Gasteiger partial charge in [0.25, 0.3) is 0 Å². The first-order valence-corrected chi connectivity index (χ1v) is 8.80. The summed E-state index contributed by atoms with van der Waals surface area (Å²) in [5.41, 5.74) is 2.72. The highest BCUT2D eigenvalue weighted by atomic mass is 16.5. The van der Waals surface area contributed by atoms with Gasteiger partial charge in [-0.2, -0.15) is 5.10 Å². The summed E-state index contributed by atoms with van der Waals surface area (Å²) in [6.07, 6.45) is 4.74. The molecule has 1 atom stereocenters. The molecule has 1 saturated heterocycles. The maximum atomic E-state index is 12.4. The Morgan fingerprint density at radius 3 is 2.96 bits per heavy atom. The summed E-state index contributed by atoms with van der Waals surface area (Å²) in [6, 6.07) is 3.84. The number of rotatable bonds is 5. The Labute approximate surface area is 148 Å². The fourth-order valence-electron chi connectivity index (χ4n) is 3.38. The van der Waals surface area contributed by atoms with Crippen LogP contribution < -0.4 is 0 Å². The number of hydrogen-bond acceptors (Lipinski definition) is 5. The lowest BCUT2D eigenvalue weighted by molar-refractivity contribution is -0.139. The molecule has 0 radical (unpaired) electrons. The van der Waals surface area contributed by atoms with E-state index in [0.29, 0.717) is 5.82 Å². The van der Waals surface area contributed by atoms with E-state index < -0.39 is 0 Å². The summed E-state index contributed by atoms with van der Waals surface area (Å²) in [6.45, 7) is 5.62. The van der Waals surface area contributed by atoms with E-state index in [4.69, 9.17) is 9.72 Å². The molecule has 1 fully saturated rings. The Balaban J connectivity index is 1.97. The van der Waals surface area contributed by atoms with Gasteiger partial charge in [0.15, 0.2) is 5.82 Å². The molecule has 0 saturated carbocycles. The van der Waals surface area contributed by atoms with Crippen LogP contribution in [0.2, 0.25) is 0 Å². The molecule has 3 heterocycles. The van der Waals surface area contributed by atoms with E-state index in [1.807, 2.05) is 28.6 Å². The highest BCUT2D eigenvalue weighted by molar-refractivity contribution is 5.78. The second-order valence-corrected chi connectivity index (χ2v) is 6.32. The molecule has 134 valence electrons. The maximum absolute atomic E-state index is 12.4. The molecule has 0 aliphatic carbocycles. The van der Waals surface area contributed by atoms with Crippen LogP contribution in [0.5, 0.6) is 0 Å². The van der Waals surface area contributed by atoms with Gasteiger partial charge < -0.3 is 9.64 Å². The molecule has 7 heteroatoms. The summed E-state index contributed by atoms with van der Waals surface area (Å²) < 4.78 is 6.95. The van der Waals surface area contributed by atoms with Crippen molar-refractivity contribution in [3.05, 3.63) is 29.8 Å². The molecular formula is C18H25N5O2. The summed E-state index contributed by atoms with van der Waals surface area (Å²) in [5.74, 6) is 0.709. The van der Waals surface area contributed by atoms with Gasteiger partial charge in [0, 0.05) is 32.1 Å². The lowest BCUT2D eigenvalue weighted by Gasteiger charge is -2.34. The van der Waals surface area contributed by atoms with Crippen LogP contribution in [0.25, 0.3) is 11.4 Å². The minimum absolute atomic E-state index is 0.00236. The Morgan fingerprint density at radius 1 is 1.36 bits per heavy atom. The number of likely N-dealkylation sites (tertiary alicyclic amines) is 1. The first-order valence-electron chi connectivity index (χ1n) is 8.80. The van der Waals surface area contributed by atoms with Crippen LogP contribution in [0.1, 0.15) is 43.7 Å². The largest absolute Gasteiger partial charge is 0.375 e. The Hall–Kier alpha value is -2.28. The number of aromatic nitrogens is 4. The number of amides is 1. The van der Waals surface area contributed by atoms with E-state index in [2.05, 4.69) is 17.0 Å². The Morgan fingerprint density at radius 2 is 2.20 bits per heavy atom. The zero-order valence-electron chi connectivity index (χ0n) is 15.1. The fraction of sp³-hybridized carbons (Fsp3) is 0.556. The lowest BCUT2D eigenvalue weighted by atomic mass is 10.0. The smallest absolute Gasteiger partial charge is 0.249 e. The molecule has 2 aromatic heterocycles. The fourth-order valence-corrected chi connectivity index (χ4v) is 3.38. The predicted octanol–water partition coefficient (Wildman–Crippen LogP) is 2.37. The van der Waals surface area contributed by atoms with Crippen LogP contribution in [0.3, 0.4) is 0 Å². The molecular weight excluding hydrogens is 318 g/mol. The lowest BCUT2D eigenvalue weighted by Crippen LogP contribution is -2.41. The topological polar surface area (TPSA) is 73.1 Å². The standard InChI is InChI=1S/C18H25N5O2/c1-4-23-15(8-9-19-23)14-11-13(2)20-18(21-14)16-7-5-6-10-22(16)17(24)12-25-3/h8-9,11,16H,4-7,10,12H2,1-3H3/t16-/m0/s1. The van der Waals surface area contributed by atoms with E-state index in [0.717, 1.165) is 49.4 Å². The number of carbonyl (C=O) groups excluding carboxylic acids is 1. The van der Waals surface area contributed by atoms with Crippen molar-refractivity contribution >= 4 is 5.91 Å². The molecule has 0 unspecified atom stereocenters. The molecule has 0 aromatic carbocycles. The van der Waals surface area contributed by atoms with Crippen LogP contribution >= 0.6 is 0 Å². The maximum Gasteiger partial charge on any atom is 0.249 e. The molecule has 7 nitrogen and oxygen atoms in total. The number of methoxy groups -OCH3 is 1. The number of nitrogens with zero attached hydrogens (tertiary/aromatic N) is 5. The van der Waals surface area contributed by atoms with Gasteiger partial charge in [0.2, 0.25) is 5.91 Å². The molecule has 0 bridgehead atoms. The summed E-state index contributed by atoms with van der Waals surface area (Å²) in [4.78, 5) is 23.7. The van der Waals surface area contributed by atoms with Gasteiger partial charge in [-0.1, -0.05) is 0 Å². The van der Waals surface area contributed by atoms with Crippen molar-refractivity contribution in [2.24, 2.45) is 0 Å². The number of carbonyl (C=O) groups is 1. The second kappa shape index (κ2) is 7.74. The number of hydrogen-bond donors (Lipinski definition) is 0. The van der Waals surface area contributed by atoms with E-state index >= 15 is 0 Å². The highest BCUT2D eigenvalue weighted by Gasteiger charge is 2.30. The van der Waals surface area contributed by atoms with Crippen LogP contribution in [-0.4, -0.2) is 50.8 Å². The first kappa shape index (κ1) is 17.5. The number of piperidine rings is 1. The molecule has 1 aliphatic rings. The van der Waals surface area contributed by atoms with Crippen LogP contribution in [0.15, 0.2) is 18.3 Å². The molecule has 3 rings (SSSR count). The van der Waals surface area contributed by atoms with Crippen molar-refractivity contribution < 1.29 is 9.53 Å². The summed E-state index contributed by atoms with van der Waals surface area (Å²) in [7, 11) is 1.55. The zero-order valence-corrected chi connectivity index (χ0v) is 15.1. The van der Waals surface area contributed by atoms with E-state index in [1.54, 1.807) is 13.3 Å². The first-order chi connectivity index (χ1) is 12.1. The van der Waals surface area contributed by atoms with Gasteiger partial charge in [-0.3, -0.25) is 9.48 Å². The molecule has 0 N–H and O–H groups in total. The van der Waals surface area contributed by atoms with E-state index in [-0.39, 0.29) is 18.6 Å². The van der Waals surface area contributed by atoms with Gasteiger partial charge in [-0.15, -0.1) is 0 Å². The van der Waals surface area contributed by atoms with Crippen molar-refractivity contribution in [3.8, 4) is 11.4 Å². The zero-order chi connectivity index (χ0) is 17.8. The Bertz CT molecular complexity index is 743. The third kappa shape index (κ3) is 3.71. The molecule has 2 aromatic rings. The van der Waals surface area contributed by atoms with Crippen molar-refractivity contribution in [2.75, 3.05) is 20.3 Å². The van der Waals surface area contributed by atoms with Crippen molar-refractivity contribution in [1.29, 1.82) is 0 Å². The van der Waals surface area contributed by atoms with Gasteiger partial charge >= 0.3 is 0 Å². The molecule has 25 heavy (non-hydrogen) atoms. The summed E-state index contributed by atoms with van der Waals surface area (Å²) >= 11 is 0. The average Bonchev–Trinajstić information content (AvgIpc) is 3.10. The molecule has 1 aliphatic heterocycles. The van der Waals surface area contributed by atoms with E-state index in [1.165, 1.54) is 0 Å². The third-order valence-corrected chi connectivity index (χ3v) is 4.54. The van der Waals surface area contributed by atoms with Crippen molar-refractivity contribution in [1.82, 2.24) is 24.6 Å². The third-order valence-electron chi connectivity index (χ3n) is 4.54. The van der Waals surface area contributed by atoms with Crippen LogP contribution in [0.4, 0.5) is 0 Å². The van der Waals surface area contributed by atoms with Gasteiger partial charge in [-0.05, 0) is 45.2 Å². The van der Waals surface area contributed by atoms with E-state index in [9.17, 15) is 4.79 Å². The average molecular weight is 343 g/mol. The Kier molecular flexibility index (Phi) is 5.43. The SMILES string of the molecule is CCn1nccc1-c1cc(C)nc([C@@H]2CCCCN2C(=O)COC)n1. The monoisotopic (exact) mass is 343 g/mol. The summed E-state index contributed by atoms with van der Waals surface area (Å²) in [5, 5.41) is 4.33. The number of aryl methyl sites for hydroxylation is 2. The highest BCUT2D eigenvalue weighted by Crippen LogP contribution is 2.30. The molecule has 0 spiro atoms. The van der Waals surface area contributed by atoms with Crippen molar-refractivity contribution in [3.63, 3.8) is 0 Å². The van der Waals surface area contributed by atoms with Gasteiger partial charge in [0.1, 0.15) is 6.61 Å². The van der Waals surface area contributed by atoms with Gasteiger partial charge in [-0.25, -0.2) is 9.97 Å². The minimum Gasteiger partial charge on any atom is -0.375 e. The quantitative estimate of drug-likeness (QED) is 0.833. The van der Waals surface area contributed by atoms with Gasteiger partial charge in [0.05, 0.1) is 17.4 Å². The normalized spacial score (nSPS) is 17.7. The van der Waals surface area contributed by atoms with Crippen LogP contribution in [-0.2, 0) is 16.1 Å². The van der Waals surface area contributed by atoms with Crippen LogP contribution in [0, 0.1) is 6.92 Å². The van der Waals surface area contributed by atoms with Crippen molar-refractivity contribution in [2.45, 2.75) is 45.7 Å². The number of ether oxygens (including phenoxy) is 1.